The van der Waals surface area contributed by atoms with Gasteiger partial charge in [0.1, 0.15) is 5.75 Å². The number of ether oxygens (including phenoxy) is 1. The standard InChI is InChI=1S/C10H10N2O2/c1-6-3-9(14-10(12)13)4-8(5-11)7(6)2/h3-4H,1-2H3,(H2,12,13). The van der Waals surface area contributed by atoms with E-state index in [1.807, 2.05) is 19.9 Å². The largest absolute Gasteiger partial charge is 0.410 e. The second-order valence-corrected chi connectivity index (χ2v) is 2.95. The molecule has 0 saturated heterocycles. The Hall–Kier alpha value is -2.02. The Balaban J connectivity index is 3.18. The van der Waals surface area contributed by atoms with Crippen LogP contribution in [0.4, 0.5) is 4.79 Å². The zero-order chi connectivity index (χ0) is 10.7. The molecule has 72 valence electrons. The molecule has 0 aliphatic heterocycles. The first-order chi connectivity index (χ1) is 6.54. The Kier molecular flexibility index (Phi) is 2.73. The molecule has 0 heterocycles. The SMILES string of the molecule is Cc1cc(OC(N)=O)cc(C#N)c1C. The van der Waals surface area contributed by atoms with E-state index in [0.29, 0.717) is 11.3 Å². The average Bonchev–Trinajstić information content (AvgIpc) is 2.10. The normalized spacial score (nSPS) is 9.21. The zero-order valence-corrected chi connectivity index (χ0v) is 8.00. The number of aryl methyl sites for hydroxylation is 1. The number of rotatable bonds is 1. The number of nitriles is 1. The molecule has 1 aromatic carbocycles. The summed E-state index contributed by atoms with van der Waals surface area (Å²) >= 11 is 0. The Morgan fingerprint density at radius 1 is 1.50 bits per heavy atom. The van der Waals surface area contributed by atoms with Crippen molar-refractivity contribution in [2.24, 2.45) is 5.73 Å². The van der Waals surface area contributed by atoms with Gasteiger partial charge in [-0.3, -0.25) is 0 Å². The molecule has 1 rings (SSSR count). The lowest BCUT2D eigenvalue weighted by atomic mass is 10.0. The Labute approximate surface area is 81.9 Å². The molecule has 0 aliphatic rings. The van der Waals surface area contributed by atoms with E-state index in [4.69, 9.17) is 11.0 Å². The summed E-state index contributed by atoms with van der Waals surface area (Å²) in [5.74, 6) is 0.303. The van der Waals surface area contributed by atoms with Crippen LogP contribution in [0.1, 0.15) is 16.7 Å². The van der Waals surface area contributed by atoms with Crippen LogP contribution in [-0.4, -0.2) is 6.09 Å². The van der Waals surface area contributed by atoms with Gasteiger partial charge in [-0.25, -0.2) is 4.79 Å². The van der Waals surface area contributed by atoms with Gasteiger partial charge >= 0.3 is 6.09 Å². The van der Waals surface area contributed by atoms with Crippen LogP contribution < -0.4 is 10.5 Å². The third-order valence-corrected chi connectivity index (χ3v) is 1.98. The van der Waals surface area contributed by atoms with Crippen LogP contribution in [0.2, 0.25) is 0 Å². The van der Waals surface area contributed by atoms with E-state index in [9.17, 15) is 4.79 Å². The first-order valence-corrected chi connectivity index (χ1v) is 4.03. The van der Waals surface area contributed by atoms with Gasteiger partial charge < -0.3 is 10.5 Å². The zero-order valence-electron chi connectivity index (χ0n) is 8.00. The van der Waals surface area contributed by atoms with Crippen molar-refractivity contribution in [2.45, 2.75) is 13.8 Å². The Morgan fingerprint density at radius 3 is 2.64 bits per heavy atom. The van der Waals surface area contributed by atoms with Crippen molar-refractivity contribution in [1.82, 2.24) is 0 Å². The first kappa shape index (κ1) is 10.1. The smallest absolute Gasteiger partial charge is 0.409 e. The quantitative estimate of drug-likeness (QED) is 0.731. The molecule has 4 nitrogen and oxygen atoms in total. The second-order valence-electron chi connectivity index (χ2n) is 2.95. The molecule has 1 aromatic rings. The summed E-state index contributed by atoms with van der Waals surface area (Å²) in [5, 5.41) is 8.78. The number of nitrogens with two attached hydrogens (primary N) is 1. The molecule has 0 radical (unpaired) electrons. The van der Waals surface area contributed by atoms with Crippen LogP contribution in [0.15, 0.2) is 12.1 Å². The lowest BCUT2D eigenvalue weighted by molar-refractivity contribution is 0.211. The average molecular weight is 190 g/mol. The maximum Gasteiger partial charge on any atom is 0.409 e. The van der Waals surface area contributed by atoms with Gasteiger partial charge in [-0.1, -0.05) is 0 Å². The minimum atomic E-state index is -0.878. The van der Waals surface area contributed by atoms with Crippen molar-refractivity contribution < 1.29 is 9.53 Å². The van der Waals surface area contributed by atoms with Crippen LogP contribution in [0, 0.1) is 25.2 Å². The number of carbonyl (C=O) groups is 1. The highest BCUT2D eigenvalue weighted by Gasteiger charge is 2.06. The Bertz CT molecular complexity index is 419. The van der Waals surface area contributed by atoms with E-state index in [1.54, 1.807) is 6.07 Å². The van der Waals surface area contributed by atoms with Gasteiger partial charge in [-0.2, -0.15) is 5.26 Å². The number of nitrogens with zero attached hydrogens (tertiary/aromatic N) is 1. The van der Waals surface area contributed by atoms with E-state index in [2.05, 4.69) is 4.74 Å². The molecule has 0 spiro atoms. The van der Waals surface area contributed by atoms with Crippen molar-refractivity contribution in [1.29, 1.82) is 5.26 Å². The van der Waals surface area contributed by atoms with E-state index in [1.165, 1.54) is 6.07 Å². The number of amides is 1. The molecule has 4 heteroatoms. The van der Waals surface area contributed by atoms with Crippen LogP contribution in [0.25, 0.3) is 0 Å². The number of carbonyl (C=O) groups excluding carboxylic acids is 1. The summed E-state index contributed by atoms with van der Waals surface area (Å²) in [5.41, 5.74) is 7.12. The highest BCUT2D eigenvalue weighted by atomic mass is 16.5. The lowest BCUT2D eigenvalue weighted by Crippen LogP contribution is -2.16. The molecule has 2 N–H and O–H groups in total. The third kappa shape index (κ3) is 2.02. The summed E-state index contributed by atoms with van der Waals surface area (Å²) < 4.78 is 4.68. The third-order valence-electron chi connectivity index (χ3n) is 1.98. The molecule has 0 unspecified atom stereocenters. The van der Waals surface area contributed by atoms with Crippen molar-refractivity contribution >= 4 is 6.09 Å². The topological polar surface area (TPSA) is 76.1 Å². The predicted molar refractivity (Wildman–Crippen MR) is 50.8 cm³/mol. The number of primary amides is 1. The molecule has 0 saturated carbocycles. The summed E-state index contributed by atoms with van der Waals surface area (Å²) in [6.45, 7) is 3.67. The summed E-state index contributed by atoms with van der Waals surface area (Å²) in [6, 6.07) is 5.18. The minimum absolute atomic E-state index is 0.303. The molecule has 14 heavy (non-hydrogen) atoms. The summed E-state index contributed by atoms with van der Waals surface area (Å²) in [6.07, 6.45) is -0.878. The van der Waals surface area contributed by atoms with Crippen LogP contribution >= 0.6 is 0 Å². The fraction of sp³-hybridized carbons (Fsp3) is 0.200. The molecule has 1 amide bonds. The molecule has 0 fully saturated rings. The number of hydrogen-bond acceptors (Lipinski definition) is 3. The maximum atomic E-state index is 10.5. The van der Waals surface area contributed by atoms with Crippen molar-refractivity contribution in [3.8, 4) is 11.8 Å². The number of benzene rings is 1. The van der Waals surface area contributed by atoms with Gasteiger partial charge in [0.15, 0.2) is 0 Å². The van der Waals surface area contributed by atoms with Crippen LogP contribution in [0.5, 0.6) is 5.75 Å². The van der Waals surface area contributed by atoms with Crippen molar-refractivity contribution in [3.05, 3.63) is 28.8 Å². The Morgan fingerprint density at radius 2 is 2.14 bits per heavy atom. The maximum absolute atomic E-state index is 10.5. The highest BCUT2D eigenvalue weighted by Crippen LogP contribution is 2.20. The van der Waals surface area contributed by atoms with Crippen molar-refractivity contribution in [3.63, 3.8) is 0 Å². The molecular weight excluding hydrogens is 180 g/mol. The first-order valence-electron chi connectivity index (χ1n) is 4.03. The second kappa shape index (κ2) is 3.79. The molecule has 0 aliphatic carbocycles. The van der Waals surface area contributed by atoms with Gasteiger partial charge in [-0.15, -0.1) is 0 Å². The predicted octanol–water partition coefficient (Wildman–Crippen LogP) is 1.63. The van der Waals surface area contributed by atoms with Gasteiger partial charge in [0, 0.05) is 0 Å². The van der Waals surface area contributed by atoms with E-state index in [0.717, 1.165) is 11.1 Å². The summed E-state index contributed by atoms with van der Waals surface area (Å²) in [7, 11) is 0. The highest BCUT2D eigenvalue weighted by molar-refractivity contribution is 5.68. The lowest BCUT2D eigenvalue weighted by Gasteiger charge is -2.06. The minimum Gasteiger partial charge on any atom is -0.410 e. The van der Waals surface area contributed by atoms with E-state index in [-0.39, 0.29) is 0 Å². The number of hydrogen-bond donors (Lipinski definition) is 1. The van der Waals surface area contributed by atoms with Crippen LogP contribution in [-0.2, 0) is 0 Å². The van der Waals surface area contributed by atoms with Crippen molar-refractivity contribution in [2.75, 3.05) is 0 Å². The fourth-order valence-electron chi connectivity index (χ4n) is 1.12. The van der Waals surface area contributed by atoms with Gasteiger partial charge in [0.2, 0.25) is 0 Å². The van der Waals surface area contributed by atoms with E-state index >= 15 is 0 Å². The molecule has 0 atom stereocenters. The van der Waals surface area contributed by atoms with E-state index < -0.39 is 6.09 Å². The summed E-state index contributed by atoms with van der Waals surface area (Å²) in [4.78, 5) is 10.5. The van der Waals surface area contributed by atoms with Gasteiger partial charge in [0.05, 0.1) is 11.6 Å². The molecule has 0 bridgehead atoms. The fourth-order valence-corrected chi connectivity index (χ4v) is 1.12. The van der Waals surface area contributed by atoms with Gasteiger partial charge in [0.25, 0.3) is 0 Å². The monoisotopic (exact) mass is 190 g/mol. The van der Waals surface area contributed by atoms with Gasteiger partial charge in [-0.05, 0) is 37.1 Å². The van der Waals surface area contributed by atoms with Crippen LogP contribution in [0.3, 0.4) is 0 Å². The molecular formula is C10H10N2O2. The molecule has 0 aromatic heterocycles.